The van der Waals surface area contributed by atoms with Gasteiger partial charge in [0.15, 0.2) is 16.6 Å². The van der Waals surface area contributed by atoms with Gasteiger partial charge in [0, 0.05) is 0 Å². The summed E-state index contributed by atoms with van der Waals surface area (Å²) in [7, 11) is 1.22. The van der Waals surface area contributed by atoms with E-state index in [0.717, 1.165) is 6.07 Å². The lowest BCUT2D eigenvalue weighted by Gasteiger charge is -2.08. The third-order valence-electron chi connectivity index (χ3n) is 1.63. The Labute approximate surface area is 88.4 Å². The zero-order chi connectivity index (χ0) is 11.6. The van der Waals surface area contributed by atoms with Crippen LogP contribution in [0.15, 0.2) is 6.07 Å². The SMILES string of the molecule is COc1cc(C(F)F)c(C(=O)O)nc1Cl. The summed E-state index contributed by atoms with van der Waals surface area (Å²) in [4.78, 5) is 13.9. The van der Waals surface area contributed by atoms with Crippen molar-refractivity contribution in [1.29, 1.82) is 0 Å². The number of carboxylic acid groups (broad SMARTS) is 1. The third kappa shape index (κ3) is 2.33. The second-order valence-electron chi connectivity index (χ2n) is 2.53. The molecule has 15 heavy (non-hydrogen) atoms. The van der Waals surface area contributed by atoms with E-state index in [-0.39, 0.29) is 10.9 Å². The molecule has 0 unspecified atom stereocenters. The van der Waals surface area contributed by atoms with Crippen molar-refractivity contribution in [2.75, 3.05) is 7.11 Å². The van der Waals surface area contributed by atoms with Crippen LogP contribution in [0, 0.1) is 0 Å². The number of methoxy groups -OCH3 is 1. The van der Waals surface area contributed by atoms with Gasteiger partial charge in [-0.1, -0.05) is 11.6 Å². The minimum Gasteiger partial charge on any atom is -0.494 e. The number of aromatic nitrogens is 1. The second kappa shape index (κ2) is 4.39. The molecule has 1 rings (SSSR count). The van der Waals surface area contributed by atoms with Gasteiger partial charge in [-0.3, -0.25) is 0 Å². The summed E-state index contributed by atoms with van der Waals surface area (Å²) in [5, 5.41) is 8.34. The van der Waals surface area contributed by atoms with Gasteiger partial charge in [-0.2, -0.15) is 0 Å². The average Bonchev–Trinajstić information content (AvgIpc) is 2.16. The number of pyridine rings is 1. The van der Waals surface area contributed by atoms with Crippen LogP contribution in [0.4, 0.5) is 8.78 Å². The van der Waals surface area contributed by atoms with Gasteiger partial charge in [0.2, 0.25) is 0 Å². The van der Waals surface area contributed by atoms with Gasteiger partial charge in [-0.15, -0.1) is 0 Å². The molecule has 0 aromatic carbocycles. The molecule has 4 nitrogen and oxygen atoms in total. The molecule has 1 N–H and O–H groups in total. The van der Waals surface area contributed by atoms with Crippen molar-refractivity contribution in [1.82, 2.24) is 4.98 Å². The van der Waals surface area contributed by atoms with E-state index in [2.05, 4.69) is 9.72 Å². The number of hydrogen-bond donors (Lipinski definition) is 1. The molecule has 0 aliphatic carbocycles. The standard InChI is InChI=1S/C8H6ClF2NO3/c1-15-4-2-3(7(10)11)5(8(13)14)12-6(4)9/h2,7H,1H3,(H,13,14). The molecule has 0 amide bonds. The molecule has 0 aliphatic rings. The molecule has 1 aromatic rings. The summed E-state index contributed by atoms with van der Waals surface area (Å²) in [6, 6.07) is 0.865. The number of aromatic carboxylic acids is 1. The first-order chi connectivity index (χ1) is 6.97. The fraction of sp³-hybridized carbons (Fsp3) is 0.250. The first-order valence-corrected chi connectivity index (χ1v) is 4.11. The van der Waals surface area contributed by atoms with Crippen LogP contribution in [0.2, 0.25) is 5.15 Å². The van der Waals surface area contributed by atoms with E-state index >= 15 is 0 Å². The van der Waals surface area contributed by atoms with Gasteiger partial charge in [0.25, 0.3) is 6.43 Å². The molecule has 0 saturated heterocycles. The molecule has 7 heteroatoms. The topological polar surface area (TPSA) is 59.4 Å². The van der Waals surface area contributed by atoms with Crippen molar-refractivity contribution in [2.24, 2.45) is 0 Å². The van der Waals surface area contributed by atoms with E-state index in [0.29, 0.717) is 0 Å². The van der Waals surface area contributed by atoms with Crippen LogP contribution in [-0.2, 0) is 0 Å². The van der Waals surface area contributed by atoms with Crippen LogP contribution in [0.3, 0.4) is 0 Å². The molecule has 1 aromatic heterocycles. The van der Waals surface area contributed by atoms with Crippen molar-refractivity contribution in [3.05, 3.63) is 22.5 Å². The maximum Gasteiger partial charge on any atom is 0.355 e. The van der Waals surface area contributed by atoms with Crippen molar-refractivity contribution in [3.63, 3.8) is 0 Å². The zero-order valence-corrected chi connectivity index (χ0v) is 8.26. The van der Waals surface area contributed by atoms with E-state index in [1.54, 1.807) is 0 Å². The molecule has 0 radical (unpaired) electrons. The molecule has 0 atom stereocenters. The third-order valence-corrected chi connectivity index (χ3v) is 1.90. The Hall–Kier alpha value is -1.43. The molecule has 0 bridgehead atoms. The van der Waals surface area contributed by atoms with Gasteiger partial charge in [0.1, 0.15) is 0 Å². The lowest BCUT2D eigenvalue weighted by molar-refractivity contribution is 0.0677. The Bertz CT molecular complexity index is 398. The predicted molar refractivity (Wildman–Crippen MR) is 47.7 cm³/mol. The Kier molecular flexibility index (Phi) is 3.41. The van der Waals surface area contributed by atoms with Crippen LogP contribution < -0.4 is 4.74 Å². The van der Waals surface area contributed by atoms with Crippen LogP contribution in [-0.4, -0.2) is 23.2 Å². The van der Waals surface area contributed by atoms with Gasteiger partial charge in [-0.25, -0.2) is 18.6 Å². The summed E-state index contributed by atoms with van der Waals surface area (Å²) < 4.78 is 29.5. The van der Waals surface area contributed by atoms with E-state index in [9.17, 15) is 13.6 Å². The normalized spacial score (nSPS) is 10.5. The number of rotatable bonds is 3. The average molecular weight is 238 g/mol. The summed E-state index contributed by atoms with van der Waals surface area (Å²) >= 11 is 5.51. The second-order valence-corrected chi connectivity index (χ2v) is 2.88. The van der Waals surface area contributed by atoms with Gasteiger partial charge in [0.05, 0.1) is 12.7 Å². The Morgan fingerprint density at radius 3 is 2.67 bits per heavy atom. The zero-order valence-electron chi connectivity index (χ0n) is 7.50. The lowest BCUT2D eigenvalue weighted by atomic mass is 10.2. The summed E-state index contributed by atoms with van der Waals surface area (Å²) in [5.74, 6) is -1.65. The van der Waals surface area contributed by atoms with Gasteiger partial charge in [-0.05, 0) is 6.07 Å². The smallest absolute Gasteiger partial charge is 0.355 e. The minimum atomic E-state index is -2.95. The van der Waals surface area contributed by atoms with Crippen molar-refractivity contribution < 1.29 is 23.4 Å². The number of carbonyl (C=O) groups is 1. The maximum absolute atomic E-state index is 12.4. The molecule has 1 heterocycles. The monoisotopic (exact) mass is 237 g/mol. The number of nitrogens with zero attached hydrogens (tertiary/aromatic N) is 1. The van der Waals surface area contributed by atoms with Crippen LogP contribution in [0.1, 0.15) is 22.5 Å². The first-order valence-electron chi connectivity index (χ1n) is 3.73. The summed E-state index contributed by atoms with van der Waals surface area (Å²) in [6.45, 7) is 0. The molecule has 0 spiro atoms. The predicted octanol–water partition coefficient (Wildman–Crippen LogP) is 2.38. The number of carboxylic acids is 1. The Morgan fingerprint density at radius 2 is 2.27 bits per heavy atom. The van der Waals surface area contributed by atoms with E-state index in [1.165, 1.54) is 7.11 Å². The van der Waals surface area contributed by atoms with Gasteiger partial charge < -0.3 is 9.84 Å². The molecule has 0 aliphatic heterocycles. The van der Waals surface area contributed by atoms with Crippen LogP contribution >= 0.6 is 11.6 Å². The highest BCUT2D eigenvalue weighted by Gasteiger charge is 2.22. The maximum atomic E-state index is 12.4. The van der Waals surface area contributed by atoms with Gasteiger partial charge >= 0.3 is 5.97 Å². The van der Waals surface area contributed by atoms with Crippen molar-refractivity contribution >= 4 is 17.6 Å². The van der Waals surface area contributed by atoms with Crippen molar-refractivity contribution in [2.45, 2.75) is 6.43 Å². The van der Waals surface area contributed by atoms with Crippen LogP contribution in [0.5, 0.6) is 5.75 Å². The molecule has 0 fully saturated rings. The van der Waals surface area contributed by atoms with E-state index in [1.807, 2.05) is 0 Å². The minimum absolute atomic E-state index is 0.0861. The first kappa shape index (κ1) is 11.6. The summed E-state index contributed by atoms with van der Waals surface area (Å²) in [5.41, 5.74) is -1.49. The number of ether oxygens (including phenoxy) is 1. The van der Waals surface area contributed by atoms with E-state index < -0.39 is 23.7 Å². The number of hydrogen-bond acceptors (Lipinski definition) is 3. The van der Waals surface area contributed by atoms with Crippen LogP contribution in [0.25, 0.3) is 0 Å². The Balaban J connectivity index is 3.38. The molecular weight excluding hydrogens is 232 g/mol. The lowest BCUT2D eigenvalue weighted by Crippen LogP contribution is -2.07. The summed E-state index contributed by atoms with van der Waals surface area (Å²) in [6.07, 6.45) is -2.95. The largest absolute Gasteiger partial charge is 0.494 e. The number of halogens is 3. The quantitative estimate of drug-likeness (QED) is 0.820. The fourth-order valence-corrected chi connectivity index (χ4v) is 1.18. The number of alkyl halides is 2. The van der Waals surface area contributed by atoms with E-state index in [4.69, 9.17) is 16.7 Å². The highest BCUT2D eigenvalue weighted by Crippen LogP contribution is 2.30. The van der Waals surface area contributed by atoms with Crippen molar-refractivity contribution in [3.8, 4) is 5.75 Å². The highest BCUT2D eigenvalue weighted by molar-refractivity contribution is 6.31. The highest BCUT2D eigenvalue weighted by atomic mass is 35.5. The molecule has 82 valence electrons. The fourth-order valence-electron chi connectivity index (χ4n) is 0.968. The Morgan fingerprint density at radius 1 is 1.67 bits per heavy atom. The molecular formula is C8H6ClF2NO3. The molecule has 0 saturated carbocycles.